The van der Waals surface area contributed by atoms with Crippen LogP contribution in [0.4, 0.5) is 17.5 Å². The van der Waals surface area contributed by atoms with Crippen molar-refractivity contribution in [3.63, 3.8) is 0 Å². The maximum Gasteiger partial charge on any atom is 0.227 e. The van der Waals surface area contributed by atoms with Crippen molar-refractivity contribution in [1.29, 1.82) is 0 Å². The summed E-state index contributed by atoms with van der Waals surface area (Å²) < 4.78 is 6.43. The molecule has 2 aliphatic rings. The number of carbonyl (C=O) groups is 1. The largest absolute Gasteiger partial charge is 0.378 e. The summed E-state index contributed by atoms with van der Waals surface area (Å²) in [7, 11) is 0. The van der Waals surface area contributed by atoms with Crippen LogP contribution in [-0.4, -0.2) is 47.0 Å². The lowest BCUT2D eigenvalue weighted by Crippen LogP contribution is -2.36. The van der Waals surface area contributed by atoms with Gasteiger partial charge in [-0.05, 0) is 42.5 Å². The van der Waals surface area contributed by atoms with Crippen molar-refractivity contribution in [2.45, 2.75) is 19.3 Å². The predicted octanol–water partition coefficient (Wildman–Crippen LogP) is 5.32. The summed E-state index contributed by atoms with van der Waals surface area (Å²) in [4.78, 5) is 28.7. The smallest absolute Gasteiger partial charge is 0.227 e. The predicted molar refractivity (Wildman–Crippen MR) is 135 cm³/mol. The van der Waals surface area contributed by atoms with E-state index in [1.54, 1.807) is 11.3 Å². The van der Waals surface area contributed by atoms with Gasteiger partial charge in [0.1, 0.15) is 5.82 Å². The second-order valence-electron chi connectivity index (χ2n) is 8.84. The highest BCUT2D eigenvalue weighted by Gasteiger charge is 2.25. The quantitative estimate of drug-likeness (QED) is 0.366. The van der Waals surface area contributed by atoms with Gasteiger partial charge in [-0.2, -0.15) is 0 Å². The van der Waals surface area contributed by atoms with Crippen LogP contribution in [0, 0.1) is 5.92 Å². The molecule has 1 aliphatic heterocycles. The molecule has 0 bridgehead atoms. The normalized spacial score (nSPS) is 16.1. The zero-order valence-corrected chi connectivity index (χ0v) is 19.6. The molecule has 1 aliphatic carbocycles. The standard InChI is InChI=1S/C26H25N5O2S/c32-22(12-17-4-5-17)19-3-1-2-18(13-19)21-16-34-23-15-28-26(30-25(21)23)29-20-6-7-24(27-14-20)31-8-10-33-11-9-31/h1-3,6-7,13-17H,4-5,8-12H2,(H,28,29,30). The van der Waals surface area contributed by atoms with Gasteiger partial charge in [0.25, 0.3) is 0 Å². The topological polar surface area (TPSA) is 80.2 Å². The molecule has 172 valence electrons. The third-order valence-corrected chi connectivity index (χ3v) is 7.23. The Morgan fingerprint density at radius 2 is 2.00 bits per heavy atom. The average molecular weight is 472 g/mol. The minimum absolute atomic E-state index is 0.230. The number of nitrogens with one attached hydrogen (secondary N) is 1. The minimum atomic E-state index is 0.230. The zero-order chi connectivity index (χ0) is 22.9. The van der Waals surface area contributed by atoms with Crippen LogP contribution in [0.1, 0.15) is 29.6 Å². The second-order valence-corrected chi connectivity index (χ2v) is 9.75. The van der Waals surface area contributed by atoms with Crippen LogP contribution >= 0.6 is 11.3 Å². The van der Waals surface area contributed by atoms with Crippen molar-refractivity contribution >= 4 is 44.8 Å². The highest BCUT2D eigenvalue weighted by molar-refractivity contribution is 7.17. The van der Waals surface area contributed by atoms with Crippen molar-refractivity contribution in [1.82, 2.24) is 15.0 Å². The summed E-state index contributed by atoms with van der Waals surface area (Å²) in [5.74, 6) is 2.28. The first-order valence-corrected chi connectivity index (χ1v) is 12.5. The van der Waals surface area contributed by atoms with E-state index in [4.69, 9.17) is 9.72 Å². The summed E-state index contributed by atoms with van der Waals surface area (Å²) in [5, 5.41) is 5.36. The van der Waals surface area contributed by atoms with Crippen molar-refractivity contribution in [2.24, 2.45) is 5.92 Å². The number of fused-ring (bicyclic) bond motifs is 1. The van der Waals surface area contributed by atoms with Gasteiger partial charge >= 0.3 is 0 Å². The van der Waals surface area contributed by atoms with Crippen LogP contribution in [0.15, 0.2) is 54.2 Å². The van der Waals surface area contributed by atoms with E-state index in [1.807, 2.05) is 48.8 Å². The Bertz CT molecular complexity index is 1330. The Kier molecular flexibility index (Phi) is 5.68. The average Bonchev–Trinajstić information content (AvgIpc) is 3.60. The molecule has 1 N–H and O–H groups in total. The van der Waals surface area contributed by atoms with Crippen molar-refractivity contribution in [3.8, 4) is 11.1 Å². The number of nitrogens with zero attached hydrogens (tertiary/aromatic N) is 4. The number of hydrogen-bond donors (Lipinski definition) is 1. The molecule has 2 fully saturated rings. The first-order valence-electron chi connectivity index (χ1n) is 11.7. The Morgan fingerprint density at radius 3 is 2.79 bits per heavy atom. The molecule has 1 saturated heterocycles. The molecule has 7 nitrogen and oxygen atoms in total. The molecule has 4 heterocycles. The van der Waals surface area contributed by atoms with E-state index in [2.05, 4.69) is 25.6 Å². The number of thiophene rings is 1. The number of pyridine rings is 1. The Labute approximate surface area is 201 Å². The minimum Gasteiger partial charge on any atom is -0.378 e. The summed E-state index contributed by atoms with van der Waals surface area (Å²) in [5.41, 5.74) is 4.52. The molecular formula is C26H25N5O2S. The third kappa shape index (κ3) is 4.51. The molecule has 0 amide bonds. The number of benzene rings is 1. The van der Waals surface area contributed by atoms with Crippen molar-refractivity contribution in [3.05, 3.63) is 59.7 Å². The fourth-order valence-corrected chi connectivity index (χ4v) is 5.10. The van der Waals surface area contributed by atoms with Gasteiger partial charge in [0, 0.05) is 36.0 Å². The number of Topliss-reactive ketones (excluding diaryl/α,β-unsaturated/α-hetero) is 1. The number of anilines is 3. The van der Waals surface area contributed by atoms with Crippen LogP contribution < -0.4 is 10.2 Å². The van der Waals surface area contributed by atoms with E-state index in [1.165, 1.54) is 12.8 Å². The first kappa shape index (κ1) is 21.2. The van der Waals surface area contributed by atoms with E-state index >= 15 is 0 Å². The molecule has 0 atom stereocenters. The highest BCUT2D eigenvalue weighted by atomic mass is 32.1. The van der Waals surface area contributed by atoms with Gasteiger partial charge in [0.05, 0.1) is 41.5 Å². The van der Waals surface area contributed by atoms with E-state index < -0.39 is 0 Å². The molecule has 8 heteroatoms. The van der Waals surface area contributed by atoms with Gasteiger partial charge in [0.2, 0.25) is 5.95 Å². The zero-order valence-electron chi connectivity index (χ0n) is 18.7. The number of ketones is 1. The SMILES string of the molecule is O=C(CC1CC1)c1cccc(-c2csc3cnc(Nc4ccc(N5CCOCC5)nc4)nc23)c1. The Morgan fingerprint density at radius 1 is 1.12 bits per heavy atom. The number of hydrogen-bond acceptors (Lipinski definition) is 8. The number of rotatable bonds is 7. The summed E-state index contributed by atoms with van der Waals surface area (Å²) in [6, 6.07) is 11.9. The number of morpholine rings is 1. The molecule has 34 heavy (non-hydrogen) atoms. The number of aromatic nitrogens is 3. The molecule has 0 spiro atoms. The van der Waals surface area contributed by atoms with Crippen LogP contribution in [0.3, 0.4) is 0 Å². The summed E-state index contributed by atoms with van der Waals surface area (Å²) in [6.45, 7) is 3.17. The fourth-order valence-electron chi connectivity index (χ4n) is 4.22. The monoisotopic (exact) mass is 471 g/mol. The maximum absolute atomic E-state index is 12.6. The molecule has 4 aromatic rings. The summed E-state index contributed by atoms with van der Waals surface area (Å²) in [6.07, 6.45) is 6.66. The highest BCUT2D eigenvalue weighted by Crippen LogP contribution is 2.36. The van der Waals surface area contributed by atoms with Gasteiger partial charge in [-0.25, -0.2) is 15.0 Å². The molecule has 6 rings (SSSR count). The van der Waals surface area contributed by atoms with Gasteiger partial charge in [-0.1, -0.05) is 18.2 Å². The van der Waals surface area contributed by atoms with E-state index in [-0.39, 0.29) is 5.78 Å². The van der Waals surface area contributed by atoms with Gasteiger partial charge in [-0.3, -0.25) is 4.79 Å². The van der Waals surface area contributed by atoms with Crippen LogP contribution in [0.2, 0.25) is 0 Å². The van der Waals surface area contributed by atoms with E-state index in [0.717, 1.165) is 64.7 Å². The summed E-state index contributed by atoms with van der Waals surface area (Å²) >= 11 is 1.61. The number of carbonyl (C=O) groups excluding carboxylic acids is 1. The van der Waals surface area contributed by atoms with Gasteiger partial charge in [-0.15, -0.1) is 11.3 Å². The van der Waals surface area contributed by atoms with E-state index in [0.29, 0.717) is 18.3 Å². The van der Waals surface area contributed by atoms with Crippen LogP contribution in [-0.2, 0) is 4.74 Å². The Balaban J connectivity index is 1.23. The lowest BCUT2D eigenvalue weighted by Gasteiger charge is -2.27. The van der Waals surface area contributed by atoms with Gasteiger partial charge in [0.15, 0.2) is 5.78 Å². The van der Waals surface area contributed by atoms with E-state index in [9.17, 15) is 4.79 Å². The molecule has 1 saturated carbocycles. The van der Waals surface area contributed by atoms with Crippen LogP contribution in [0.5, 0.6) is 0 Å². The van der Waals surface area contributed by atoms with Crippen molar-refractivity contribution in [2.75, 3.05) is 36.5 Å². The molecule has 0 radical (unpaired) electrons. The second kappa shape index (κ2) is 9.12. The van der Waals surface area contributed by atoms with Gasteiger partial charge < -0.3 is 15.0 Å². The number of ether oxygens (including phenoxy) is 1. The lowest BCUT2D eigenvalue weighted by atomic mass is 10.0. The molecular weight excluding hydrogens is 446 g/mol. The molecule has 3 aromatic heterocycles. The maximum atomic E-state index is 12.6. The van der Waals surface area contributed by atoms with Crippen LogP contribution in [0.25, 0.3) is 21.3 Å². The fraction of sp³-hybridized carbons (Fsp3) is 0.308. The third-order valence-electron chi connectivity index (χ3n) is 6.32. The Hall–Kier alpha value is -3.36. The molecule has 1 aromatic carbocycles. The lowest BCUT2D eigenvalue weighted by molar-refractivity contribution is 0.0976. The molecule has 0 unspecified atom stereocenters. The first-order chi connectivity index (χ1) is 16.7. The van der Waals surface area contributed by atoms with Crippen molar-refractivity contribution < 1.29 is 9.53 Å².